The van der Waals surface area contributed by atoms with E-state index in [2.05, 4.69) is 40.2 Å². The van der Waals surface area contributed by atoms with Crippen LogP contribution in [-0.2, 0) is 19.1 Å². The third-order valence-corrected chi connectivity index (χ3v) is 6.74. The molecule has 3 rings (SSSR count). The molecule has 1 saturated carbocycles. The first kappa shape index (κ1) is 25.7. The van der Waals surface area contributed by atoms with Gasteiger partial charge in [0, 0.05) is 18.5 Å². The maximum atomic E-state index is 12.9. The molecule has 0 radical (unpaired) electrons. The van der Waals surface area contributed by atoms with Crippen molar-refractivity contribution in [2.75, 3.05) is 6.54 Å². The summed E-state index contributed by atoms with van der Waals surface area (Å²) in [5, 5.41) is 8.31. The largest absolute Gasteiger partial charge is 0.436 e. The Labute approximate surface area is 201 Å². The molecule has 186 valence electrons. The molecule has 8 heteroatoms. The third kappa shape index (κ3) is 7.57. The van der Waals surface area contributed by atoms with E-state index in [1.165, 1.54) is 5.56 Å². The van der Waals surface area contributed by atoms with Crippen LogP contribution >= 0.6 is 0 Å². The number of amides is 3. The van der Waals surface area contributed by atoms with Gasteiger partial charge in [-0.3, -0.25) is 9.59 Å². The van der Waals surface area contributed by atoms with Crippen LogP contribution in [0.15, 0.2) is 30.3 Å². The van der Waals surface area contributed by atoms with Gasteiger partial charge < -0.3 is 25.5 Å². The van der Waals surface area contributed by atoms with Crippen LogP contribution in [0.25, 0.3) is 0 Å². The van der Waals surface area contributed by atoms with Crippen molar-refractivity contribution in [3.63, 3.8) is 0 Å². The van der Waals surface area contributed by atoms with Gasteiger partial charge in [0.25, 0.3) is 5.91 Å². The summed E-state index contributed by atoms with van der Waals surface area (Å²) in [4.78, 5) is 48.8. The highest BCUT2D eigenvalue weighted by Crippen LogP contribution is 2.32. The van der Waals surface area contributed by atoms with Crippen molar-refractivity contribution in [2.24, 2.45) is 11.8 Å². The zero-order valence-electron chi connectivity index (χ0n) is 20.1. The van der Waals surface area contributed by atoms with Crippen LogP contribution in [0.1, 0.15) is 70.3 Å². The maximum absolute atomic E-state index is 12.9. The van der Waals surface area contributed by atoms with Crippen LogP contribution in [0.2, 0.25) is 0 Å². The van der Waals surface area contributed by atoms with Gasteiger partial charge in [-0.05, 0) is 62.3 Å². The number of alkyl carbamates (subject to hydrolysis) is 1. The van der Waals surface area contributed by atoms with Crippen molar-refractivity contribution in [3.05, 3.63) is 35.9 Å². The highest BCUT2D eigenvalue weighted by molar-refractivity contribution is 5.86. The van der Waals surface area contributed by atoms with Crippen molar-refractivity contribution < 1.29 is 23.9 Å². The second kappa shape index (κ2) is 12.5. The van der Waals surface area contributed by atoms with Gasteiger partial charge in [0.2, 0.25) is 5.91 Å². The lowest BCUT2D eigenvalue weighted by atomic mass is 9.82. The fraction of sp³-hybridized carbons (Fsp3) is 0.615. The van der Waals surface area contributed by atoms with E-state index in [0.717, 1.165) is 25.7 Å². The Hall–Kier alpha value is -2.90. The van der Waals surface area contributed by atoms with Gasteiger partial charge >= 0.3 is 6.09 Å². The van der Waals surface area contributed by atoms with Gasteiger partial charge in [0.1, 0.15) is 6.29 Å². The molecule has 0 unspecified atom stereocenters. The summed E-state index contributed by atoms with van der Waals surface area (Å²) in [7, 11) is 0. The van der Waals surface area contributed by atoms with Crippen LogP contribution in [0.5, 0.6) is 0 Å². The molecule has 1 aromatic carbocycles. The number of hydrogen-bond acceptors (Lipinski definition) is 5. The number of hydrogen-bond donors (Lipinski definition) is 3. The van der Waals surface area contributed by atoms with Crippen molar-refractivity contribution >= 4 is 24.2 Å². The first-order valence-corrected chi connectivity index (χ1v) is 12.4. The Balaban J connectivity index is 1.49. The normalized spacial score (nSPS) is 24.1. The van der Waals surface area contributed by atoms with E-state index in [9.17, 15) is 19.2 Å². The van der Waals surface area contributed by atoms with Crippen molar-refractivity contribution in [3.8, 4) is 0 Å². The summed E-state index contributed by atoms with van der Waals surface area (Å²) >= 11 is 0. The summed E-state index contributed by atoms with van der Waals surface area (Å²) in [6.07, 6.45) is 3.94. The predicted octanol–water partition coefficient (Wildman–Crippen LogP) is 3.06. The van der Waals surface area contributed by atoms with E-state index >= 15 is 0 Å². The molecule has 1 aliphatic carbocycles. The lowest BCUT2D eigenvalue weighted by Crippen LogP contribution is -2.47. The second-order valence-corrected chi connectivity index (χ2v) is 9.89. The Kier molecular flexibility index (Phi) is 9.48. The highest BCUT2D eigenvalue weighted by Gasteiger charge is 2.31. The Morgan fingerprint density at radius 2 is 1.82 bits per heavy atom. The van der Waals surface area contributed by atoms with Gasteiger partial charge in [-0.15, -0.1) is 0 Å². The Bertz CT molecular complexity index is 836. The van der Waals surface area contributed by atoms with E-state index in [-0.39, 0.29) is 30.2 Å². The van der Waals surface area contributed by atoms with E-state index in [4.69, 9.17) is 4.74 Å². The number of rotatable bonds is 10. The number of nitrogens with one attached hydrogen (secondary N) is 3. The average Bonchev–Trinajstić information content (AvgIpc) is 3.23. The second-order valence-electron chi connectivity index (χ2n) is 9.89. The number of aldehydes is 1. The minimum atomic E-state index is -1.000. The highest BCUT2D eigenvalue weighted by atomic mass is 16.6. The zero-order valence-corrected chi connectivity index (χ0v) is 20.1. The fourth-order valence-corrected chi connectivity index (χ4v) is 4.86. The third-order valence-electron chi connectivity index (χ3n) is 6.74. The SMILES string of the molecule is CC(C)C[C@H](OC(=O)NC1CCC(c2ccccc2)CC1)C(=O)N[C@H](C=O)C[C@@H]1CCNC1=O. The van der Waals surface area contributed by atoms with E-state index in [1.54, 1.807) is 0 Å². The minimum Gasteiger partial charge on any atom is -0.436 e. The lowest BCUT2D eigenvalue weighted by Gasteiger charge is -2.30. The molecule has 2 aliphatic rings. The first-order chi connectivity index (χ1) is 16.4. The molecule has 0 bridgehead atoms. The molecule has 1 aromatic rings. The Morgan fingerprint density at radius 1 is 1.12 bits per heavy atom. The molecule has 3 amide bonds. The zero-order chi connectivity index (χ0) is 24.5. The molecular formula is C26H37N3O5. The molecule has 34 heavy (non-hydrogen) atoms. The molecule has 1 saturated heterocycles. The van der Waals surface area contributed by atoms with Gasteiger partial charge in [-0.25, -0.2) is 4.79 Å². The number of carbonyl (C=O) groups excluding carboxylic acids is 4. The first-order valence-electron chi connectivity index (χ1n) is 12.4. The smallest absolute Gasteiger partial charge is 0.408 e. The van der Waals surface area contributed by atoms with Crippen LogP contribution in [0.4, 0.5) is 4.79 Å². The molecule has 3 atom stereocenters. The molecule has 0 spiro atoms. The summed E-state index contributed by atoms with van der Waals surface area (Å²) in [6.45, 7) is 4.45. The van der Waals surface area contributed by atoms with Gasteiger partial charge in [-0.2, -0.15) is 0 Å². The monoisotopic (exact) mass is 471 g/mol. The fourth-order valence-electron chi connectivity index (χ4n) is 4.86. The molecule has 0 aromatic heterocycles. The summed E-state index contributed by atoms with van der Waals surface area (Å²) in [6, 6.07) is 9.62. The number of ether oxygens (including phenoxy) is 1. The van der Waals surface area contributed by atoms with E-state index in [0.29, 0.717) is 31.6 Å². The summed E-state index contributed by atoms with van der Waals surface area (Å²) < 4.78 is 5.52. The van der Waals surface area contributed by atoms with Crippen molar-refractivity contribution in [1.29, 1.82) is 0 Å². The molecule has 1 heterocycles. The van der Waals surface area contributed by atoms with Gasteiger partial charge in [0.05, 0.1) is 6.04 Å². The van der Waals surface area contributed by atoms with Gasteiger partial charge in [-0.1, -0.05) is 44.2 Å². The quantitative estimate of drug-likeness (QED) is 0.454. The van der Waals surface area contributed by atoms with Crippen LogP contribution in [-0.4, -0.2) is 48.9 Å². The van der Waals surface area contributed by atoms with Gasteiger partial charge in [0.15, 0.2) is 6.10 Å². The van der Waals surface area contributed by atoms with E-state index < -0.39 is 24.1 Å². The molecule has 3 N–H and O–H groups in total. The number of carbonyl (C=O) groups is 4. The molecular weight excluding hydrogens is 434 g/mol. The Morgan fingerprint density at radius 3 is 2.41 bits per heavy atom. The predicted molar refractivity (Wildman–Crippen MR) is 128 cm³/mol. The van der Waals surface area contributed by atoms with Crippen LogP contribution in [0, 0.1) is 11.8 Å². The van der Waals surface area contributed by atoms with Crippen LogP contribution < -0.4 is 16.0 Å². The topological polar surface area (TPSA) is 114 Å². The minimum absolute atomic E-state index is 0.0128. The molecule has 2 fully saturated rings. The van der Waals surface area contributed by atoms with Crippen molar-refractivity contribution in [1.82, 2.24) is 16.0 Å². The summed E-state index contributed by atoms with van der Waals surface area (Å²) in [5.74, 6) is -0.295. The maximum Gasteiger partial charge on any atom is 0.408 e. The van der Waals surface area contributed by atoms with E-state index in [1.807, 2.05) is 19.9 Å². The average molecular weight is 472 g/mol. The molecule has 8 nitrogen and oxygen atoms in total. The standard InChI is InChI=1S/C26H37N3O5/c1-17(2)14-23(25(32)28-22(16-30)15-20-12-13-27-24(20)31)34-26(33)29-21-10-8-19(9-11-21)18-6-4-3-5-7-18/h3-7,16-17,19-23H,8-15H2,1-2H3,(H,27,31)(H,28,32)(H,29,33)/t19?,20-,21?,22-,23-/m0/s1. The number of benzene rings is 1. The van der Waals surface area contributed by atoms with Crippen molar-refractivity contribution in [2.45, 2.75) is 82.9 Å². The summed E-state index contributed by atoms with van der Waals surface area (Å²) in [5.41, 5.74) is 1.33. The molecule has 1 aliphatic heterocycles. The van der Waals surface area contributed by atoms with Crippen LogP contribution in [0.3, 0.4) is 0 Å². The lowest BCUT2D eigenvalue weighted by molar-refractivity contribution is -0.133.